The molecule has 1 unspecified atom stereocenters. The summed E-state index contributed by atoms with van der Waals surface area (Å²) < 4.78 is 2.14. The van der Waals surface area contributed by atoms with E-state index in [1.165, 1.54) is 31.4 Å². The first-order valence-corrected chi connectivity index (χ1v) is 6.93. The van der Waals surface area contributed by atoms with Crippen molar-refractivity contribution in [3.63, 3.8) is 0 Å². The highest BCUT2D eigenvalue weighted by molar-refractivity contribution is 5.10. The lowest BCUT2D eigenvalue weighted by Crippen LogP contribution is -2.32. The van der Waals surface area contributed by atoms with Gasteiger partial charge in [0.15, 0.2) is 0 Å². The van der Waals surface area contributed by atoms with Crippen LogP contribution in [0.5, 0.6) is 0 Å². The average molecular weight is 235 g/mol. The molecule has 1 aliphatic carbocycles. The smallest absolute Gasteiger partial charge is 0.0596 e. The van der Waals surface area contributed by atoms with Crippen molar-refractivity contribution in [2.24, 2.45) is 5.92 Å². The highest BCUT2D eigenvalue weighted by Crippen LogP contribution is 2.31. The number of likely N-dealkylation sites (N-methyl/N-ethyl adjacent to an activating group) is 1. The minimum atomic E-state index is 0.613. The molecule has 96 valence electrons. The molecule has 1 aromatic rings. The number of aryl methyl sites for hydroxylation is 2. The van der Waals surface area contributed by atoms with E-state index in [0.29, 0.717) is 6.04 Å². The number of nitrogens with zero attached hydrogens (tertiary/aromatic N) is 2. The van der Waals surface area contributed by atoms with Crippen molar-refractivity contribution in [1.29, 1.82) is 0 Å². The molecule has 1 fully saturated rings. The van der Waals surface area contributed by atoms with Crippen molar-refractivity contribution in [2.75, 3.05) is 7.05 Å². The minimum Gasteiger partial charge on any atom is -0.317 e. The van der Waals surface area contributed by atoms with E-state index in [-0.39, 0.29) is 0 Å². The lowest BCUT2D eigenvalue weighted by atomic mass is 9.80. The predicted octanol–water partition coefficient (Wildman–Crippen LogP) is 2.53. The SMILES string of the molecule is CCn1nc(C)cc1CC(CC1CCC1)NC. The first kappa shape index (κ1) is 12.6. The van der Waals surface area contributed by atoms with Crippen LogP contribution in [-0.2, 0) is 13.0 Å². The normalized spacial score (nSPS) is 18.1. The fourth-order valence-corrected chi connectivity index (χ4v) is 2.72. The number of rotatable bonds is 6. The van der Waals surface area contributed by atoms with Gasteiger partial charge < -0.3 is 5.32 Å². The molecule has 2 rings (SSSR count). The fourth-order valence-electron chi connectivity index (χ4n) is 2.72. The fraction of sp³-hybridized carbons (Fsp3) is 0.786. The summed E-state index contributed by atoms with van der Waals surface area (Å²) >= 11 is 0. The van der Waals surface area contributed by atoms with Crippen LogP contribution in [0.15, 0.2) is 6.07 Å². The van der Waals surface area contributed by atoms with Crippen molar-refractivity contribution in [1.82, 2.24) is 15.1 Å². The van der Waals surface area contributed by atoms with Crippen molar-refractivity contribution in [3.8, 4) is 0 Å². The predicted molar refractivity (Wildman–Crippen MR) is 71.1 cm³/mol. The maximum atomic E-state index is 4.52. The van der Waals surface area contributed by atoms with Gasteiger partial charge in [-0.05, 0) is 39.3 Å². The Morgan fingerprint density at radius 3 is 2.82 bits per heavy atom. The van der Waals surface area contributed by atoms with E-state index < -0.39 is 0 Å². The molecule has 17 heavy (non-hydrogen) atoms. The topological polar surface area (TPSA) is 29.9 Å². The summed E-state index contributed by atoms with van der Waals surface area (Å²) in [5.41, 5.74) is 2.52. The maximum Gasteiger partial charge on any atom is 0.0596 e. The van der Waals surface area contributed by atoms with E-state index >= 15 is 0 Å². The Morgan fingerprint density at radius 1 is 1.53 bits per heavy atom. The molecule has 0 bridgehead atoms. The van der Waals surface area contributed by atoms with Crippen LogP contribution in [-0.4, -0.2) is 22.9 Å². The van der Waals surface area contributed by atoms with Gasteiger partial charge in [0.05, 0.1) is 5.69 Å². The van der Waals surface area contributed by atoms with Crippen LogP contribution >= 0.6 is 0 Å². The summed E-state index contributed by atoms with van der Waals surface area (Å²) in [7, 11) is 2.09. The molecule has 3 heteroatoms. The van der Waals surface area contributed by atoms with Gasteiger partial charge in [0.1, 0.15) is 0 Å². The molecule has 3 nitrogen and oxygen atoms in total. The van der Waals surface area contributed by atoms with E-state index in [4.69, 9.17) is 0 Å². The molecular weight excluding hydrogens is 210 g/mol. The molecule has 0 aromatic carbocycles. The van der Waals surface area contributed by atoms with E-state index in [1.807, 2.05) is 0 Å². The Bertz CT molecular complexity index is 352. The Labute approximate surface area is 105 Å². The molecule has 1 aliphatic rings. The van der Waals surface area contributed by atoms with Crippen LogP contribution in [0.1, 0.15) is 44.0 Å². The second-order valence-corrected chi connectivity index (χ2v) is 5.32. The lowest BCUT2D eigenvalue weighted by molar-refractivity contribution is 0.262. The van der Waals surface area contributed by atoms with Crippen LogP contribution in [0, 0.1) is 12.8 Å². The second kappa shape index (κ2) is 5.67. The first-order valence-electron chi connectivity index (χ1n) is 6.93. The monoisotopic (exact) mass is 235 g/mol. The summed E-state index contributed by atoms with van der Waals surface area (Å²) in [5, 5.41) is 7.99. The molecule has 1 heterocycles. The van der Waals surface area contributed by atoms with Crippen molar-refractivity contribution >= 4 is 0 Å². The molecule has 0 spiro atoms. The van der Waals surface area contributed by atoms with Gasteiger partial charge in [0, 0.05) is 24.7 Å². The lowest BCUT2D eigenvalue weighted by Gasteiger charge is -2.29. The van der Waals surface area contributed by atoms with Gasteiger partial charge >= 0.3 is 0 Å². The van der Waals surface area contributed by atoms with Crippen LogP contribution in [0.4, 0.5) is 0 Å². The van der Waals surface area contributed by atoms with E-state index in [9.17, 15) is 0 Å². The average Bonchev–Trinajstić information content (AvgIpc) is 2.62. The van der Waals surface area contributed by atoms with Gasteiger partial charge in [-0.1, -0.05) is 19.3 Å². The Balaban J connectivity index is 1.95. The summed E-state index contributed by atoms with van der Waals surface area (Å²) in [5.74, 6) is 0.964. The molecular formula is C14H25N3. The zero-order valence-electron chi connectivity index (χ0n) is 11.4. The van der Waals surface area contributed by atoms with E-state index in [0.717, 1.165) is 24.6 Å². The Hall–Kier alpha value is -0.830. The van der Waals surface area contributed by atoms with Gasteiger partial charge in [-0.2, -0.15) is 5.10 Å². The maximum absolute atomic E-state index is 4.52. The highest BCUT2D eigenvalue weighted by atomic mass is 15.3. The van der Waals surface area contributed by atoms with Crippen LogP contribution in [0.3, 0.4) is 0 Å². The highest BCUT2D eigenvalue weighted by Gasteiger charge is 2.22. The van der Waals surface area contributed by atoms with Gasteiger partial charge in [0.2, 0.25) is 0 Å². The van der Waals surface area contributed by atoms with Crippen molar-refractivity contribution in [2.45, 2.75) is 58.5 Å². The van der Waals surface area contributed by atoms with Crippen molar-refractivity contribution in [3.05, 3.63) is 17.5 Å². The summed E-state index contributed by atoms with van der Waals surface area (Å²) in [4.78, 5) is 0. The zero-order valence-corrected chi connectivity index (χ0v) is 11.4. The molecule has 1 atom stereocenters. The molecule has 0 radical (unpaired) electrons. The van der Waals surface area contributed by atoms with Crippen LogP contribution in [0.2, 0.25) is 0 Å². The second-order valence-electron chi connectivity index (χ2n) is 5.32. The van der Waals surface area contributed by atoms with Gasteiger partial charge in [-0.15, -0.1) is 0 Å². The number of hydrogen-bond donors (Lipinski definition) is 1. The summed E-state index contributed by atoms with van der Waals surface area (Å²) in [6.07, 6.45) is 6.74. The van der Waals surface area contributed by atoms with Gasteiger partial charge in [-0.3, -0.25) is 4.68 Å². The molecule has 0 saturated heterocycles. The number of hydrogen-bond acceptors (Lipinski definition) is 2. The van der Waals surface area contributed by atoms with E-state index in [2.05, 4.69) is 42.1 Å². The zero-order chi connectivity index (χ0) is 12.3. The minimum absolute atomic E-state index is 0.613. The van der Waals surface area contributed by atoms with Gasteiger partial charge in [0.25, 0.3) is 0 Å². The van der Waals surface area contributed by atoms with Crippen molar-refractivity contribution < 1.29 is 0 Å². The quantitative estimate of drug-likeness (QED) is 0.821. The first-order chi connectivity index (χ1) is 8.22. The summed E-state index contributed by atoms with van der Waals surface area (Å²) in [6, 6.07) is 2.84. The van der Waals surface area contributed by atoms with Crippen LogP contribution in [0.25, 0.3) is 0 Å². The molecule has 0 amide bonds. The molecule has 1 saturated carbocycles. The Morgan fingerprint density at radius 2 is 2.29 bits per heavy atom. The van der Waals surface area contributed by atoms with Crippen LogP contribution < -0.4 is 5.32 Å². The van der Waals surface area contributed by atoms with E-state index in [1.54, 1.807) is 0 Å². The Kier molecular flexibility index (Phi) is 4.21. The molecule has 0 aliphatic heterocycles. The number of aromatic nitrogens is 2. The third kappa shape index (κ3) is 3.09. The molecule has 1 aromatic heterocycles. The molecule has 1 N–H and O–H groups in total. The summed E-state index contributed by atoms with van der Waals surface area (Å²) in [6.45, 7) is 5.22. The number of nitrogens with one attached hydrogen (secondary N) is 1. The third-order valence-corrected chi connectivity index (χ3v) is 3.99. The third-order valence-electron chi connectivity index (χ3n) is 3.99. The largest absolute Gasteiger partial charge is 0.317 e. The van der Waals surface area contributed by atoms with Gasteiger partial charge in [-0.25, -0.2) is 0 Å². The standard InChI is InChI=1S/C14H25N3/c1-4-17-14(8-11(2)16-17)10-13(15-3)9-12-6-5-7-12/h8,12-13,15H,4-7,9-10H2,1-3H3.